The number of pyridine rings is 1. The lowest BCUT2D eigenvalue weighted by Gasteiger charge is -2.14. The molecule has 2 N–H and O–H groups in total. The lowest BCUT2D eigenvalue weighted by molar-refractivity contribution is -0.139. The number of unbranched alkanes of at least 4 members (excludes halogenated alkanes) is 1. The summed E-state index contributed by atoms with van der Waals surface area (Å²) in [5.41, 5.74) is 2.10. The second kappa shape index (κ2) is 9.67. The summed E-state index contributed by atoms with van der Waals surface area (Å²) in [5, 5.41) is 12.3. The first-order valence-corrected chi connectivity index (χ1v) is 8.26. The number of rotatable bonds is 10. The number of carboxylic acid groups (broad SMARTS) is 1. The molecule has 1 aromatic carbocycles. The van der Waals surface area contributed by atoms with Crippen LogP contribution in [0.1, 0.15) is 37.3 Å². The van der Waals surface area contributed by atoms with Crippen molar-refractivity contribution in [2.45, 2.75) is 45.4 Å². The highest BCUT2D eigenvalue weighted by molar-refractivity contribution is 5.73. The summed E-state index contributed by atoms with van der Waals surface area (Å²) in [6.07, 6.45) is 6.04. The van der Waals surface area contributed by atoms with Crippen LogP contribution in [0, 0.1) is 0 Å². The zero-order valence-electron chi connectivity index (χ0n) is 13.9. The number of carbonyl (C=O) groups is 1. The summed E-state index contributed by atoms with van der Waals surface area (Å²) in [4.78, 5) is 15.2. The van der Waals surface area contributed by atoms with Gasteiger partial charge in [-0.1, -0.05) is 31.9 Å². The fourth-order valence-corrected chi connectivity index (χ4v) is 2.31. The minimum absolute atomic E-state index is 0.493. The molecule has 0 fully saturated rings. The maximum absolute atomic E-state index is 11.2. The average Bonchev–Trinajstić information content (AvgIpc) is 2.61. The number of aliphatic carboxylic acids is 1. The van der Waals surface area contributed by atoms with E-state index < -0.39 is 12.0 Å². The van der Waals surface area contributed by atoms with Crippen molar-refractivity contribution in [1.82, 2.24) is 10.3 Å². The molecule has 0 spiro atoms. The maximum Gasteiger partial charge on any atom is 0.320 e. The van der Waals surface area contributed by atoms with Crippen molar-refractivity contribution in [1.29, 1.82) is 0 Å². The van der Waals surface area contributed by atoms with Gasteiger partial charge in [-0.2, -0.15) is 0 Å². The molecule has 5 heteroatoms. The molecule has 0 amide bonds. The molecule has 0 aliphatic rings. The largest absolute Gasteiger partial charge is 0.489 e. The van der Waals surface area contributed by atoms with Gasteiger partial charge >= 0.3 is 5.97 Å². The van der Waals surface area contributed by atoms with E-state index in [-0.39, 0.29) is 0 Å². The van der Waals surface area contributed by atoms with Crippen LogP contribution in [0.3, 0.4) is 0 Å². The predicted octanol–water partition coefficient (Wildman–Crippen LogP) is 3.39. The Kier molecular flexibility index (Phi) is 7.23. The van der Waals surface area contributed by atoms with E-state index in [4.69, 9.17) is 4.74 Å². The maximum atomic E-state index is 11.2. The van der Waals surface area contributed by atoms with Crippen LogP contribution < -0.4 is 10.1 Å². The van der Waals surface area contributed by atoms with E-state index in [0.29, 0.717) is 19.6 Å². The highest BCUT2D eigenvalue weighted by atomic mass is 16.5. The molecular weight excluding hydrogens is 304 g/mol. The first-order valence-electron chi connectivity index (χ1n) is 8.26. The van der Waals surface area contributed by atoms with Crippen LogP contribution in [0.5, 0.6) is 5.75 Å². The molecule has 1 heterocycles. The SMILES string of the molecule is CCCCC(NCc1ccc(OCc2ccncc2)cc1)C(=O)O. The quantitative estimate of drug-likeness (QED) is 0.699. The van der Waals surface area contributed by atoms with Crippen LogP contribution in [0.4, 0.5) is 0 Å². The topological polar surface area (TPSA) is 71.5 Å². The molecule has 1 unspecified atom stereocenters. The standard InChI is InChI=1S/C19H24N2O3/c1-2-3-4-18(19(22)23)21-13-15-5-7-17(8-6-15)24-14-16-9-11-20-12-10-16/h5-12,18,21H,2-4,13-14H2,1H3,(H,22,23). The van der Waals surface area contributed by atoms with Crippen LogP contribution >= 0.6 is 0 Å². The molecule has 1 aromatic heterocycles. The van der Waals surface area contributed by atoms with E-state index in [1.54, 1.807) is 12.4 Å². The average molecular weight is 328 g/mol. The number of ether oxygens (including phenoxy) is 1. The normalized spacial score (nSPS) is 11.9. The number of benzene rings is 1. The smallest absolute Gasteiger partial charge is 0.320 e. The Hall–Kier alpha value is -2.40. The third kappa shape index (κ3) is 6.01. The van der Waals surface area contributed by atoms with Crippen molar-refractivity contribution >= 4 is 5.97 Å². The van der Waals surface area contributed by atoms with E-state index in [1.165, 1.54) is 0 Å². The minimum Gasteiger partial charge on any atom is -0.489 e. The Balaban J connectivity index is 1.81. The van der Waals surface area contributed by atoms with Crippen LogP contribution in [-0.2, 0) is 17.9 Å². The molecule has 5 nitrogen and oxygen atoms in total. The van der Waals surface area contributed by atoms with E-state index in [1.807, 2.05) is 36.4 Å². The van der Waals surface area contributed by atoms with Gasteiger partial charge < -0.3 is 15.2 Å². The van der Waals surface area contributed by atoms with Gasteiger partial charge in [-0.05, 0) is 41.8 Å². The summed E-state index contributed by atoms with van der Waals surface area (Å²) >= 11 is 0. The monoisotopic (exact) mass is 328 g/mol. The number of hydrogen-bond acceptors (Lipinski definition) is 4. The summed E-state index contributed by atoms with van der Waals surface area (Å²) in [6, 6.07) is 11.1. The first-order chi connectivity index (χ1) is 11.7. The zero-order chi connectivity index (χ0) is 17.2. The number of carboxylic acids is 1. The van der Waals surface area contributed by atoms with Crippen molar-refractivity contribution in [3.05, 3.63) is 59.9 Å². The summed E-state index contributed by atoms with van der Waals surface area (Å²) in [6.45, 7) is 3.09. The van der Waals surface area contributed by atoms with Crippen molar-refractivity contribution in [2.75, 3.05) is 0 Å². The van der Waals surface area contributed by atoms with Crippen LogP contribution in [-0.4, -0.2) is 22.1 Å². The lowest BCUT2D eigenvalue weighted by atomic mass is 10.1. The second-order valence-corrected chi connectivity index (χ2v) is 5.70. The molecule has 1 atom stereocenters. The Morgan fingerprint density at radius 3 is 2.50 bits per heavy atom. The van der Waals surface area contributed by atoms with Gasteiger partial charge in [0.2, 0.25) is 0 Å². The van der Waals surface area contributed by atoms with Gasteiger partial charge in [0.1, 0.15) is 18.4 Å². The zero-order valence-corrected chi connectivity index (χ0v) is 13.9. The van der Waals surface area contributed by atoms with Crippen molar-refractivity contribution < 1.29 is 14.6 Å². The molecule has 0 aliphatic carbocycles. The van der Waals surface area contributed by atoms with E-state index in [0.717, 1.165) is 29.7 Å². The Bertz CT molecular complexity index is 614. The van der Waals surface area contributed by atoms with Crippen molar-refractivity contribution in [2.24, 2.45) is 0 Å². The summed E-state index contributed by atoms with van der Waals surface area (Å²) in [7, 11) is 0. The molecule has 24 heavy (non-hydrogen) atoms. The molecule has 0 saturated heterocycles. The van der Waals surface area contributed by atoms with Crippen LogP contribution in [0.25, 0.3) is 0 Å². The first kappa shape index (κ1) is 17.9. The highest BCUT2D eigenvalue weighted by Gasteiger charge is 2.15. The molecular formula is C19H24N2O3. The molecule has 0 radical (unpaired) electrons. The van der Waals surface area contributed by atoms with Gasteiger partial charge in [0.05, 0.1) is 0 Å². The van der Waals surface area contributed by atoms with E-state index in [9.17, 15) is 9.90 Å². The number of aromatic nitrogens is 1. The van der Waals surface area contributed by atoms with E-state index >= 15 is 0 Å². The predicted molar refractivity (Wildman–Crippen MR) is 92.8 cm³/mol. The molecule has 128 valence electrons. The van der Waals surface area contributed by atoms with Gasteiger partial charge in [-0.3, -0.25) is 9.78 Å². The third-order valence-corrected chi connectivity index (χ3v) is 3.78. The van der Waals surface area contributed by atoms with Crippen molar-refractivity contribution in [3.8, 4) is 5.75 Å². The van der Waals surface area contributed by atoms with Gasteiger partial charge in [0, 0.05) is 18.9 Å². The highest BCUT2D eigenvalue weighted by Crippen LogP contribution is 2.14. The molecule has 0 saturated carbocycles. The fourth-order valence-electron chi connectivity index (χ4n) is 2.31. The van der Waals surface area contributed by atoms with Crippen molar-refractivity contribution in [3.63, 3.8) is 0 Å². The summed E-state index contributed by atoms with van der Waals surface area (Å²) < 4.78 is 5.72. The van der Waals surface area contributed by atoms with Gasteiger partial charge in [-0.25, -0.2) is 0 Å². The Labute approximate surface area is 142 Å². The Morgan fingerprint density at radius 1 is 1.17 bits per heavy atom. The molecule has 2 rings (SSSR count). The van der Waals surface area contributed by atoms with E-state index in [2.05, 4.69) is 17.2 Å². The van der Waals surface area contributed by atoms with Gasteiger partial charge in [-0.15, -0.1) is 0 Å². The van der Waals surface area contributed by atoms with Gasteiger partial charge in [0.25, 0.3) is 0 Å². The van der Waals surface area contributed by atoms with Gasteiger partial charge in [0.15, 0.2) is 0 Å². The van der Waals surface area contributed by atoms with Crippen LogP contribution in [0.15, 0.2) is 48.8 Å². The lowest BCUT2D eigenvalue weighted by Crippen LogP contribution is -2.36. The third-order valence-electron chi connectivity index (χ3n) is 3.78. The Morgan fingerprint density at radius 2 is 1.88 bits per heavy atom. The fraction of sp³-hybridized carbons (Fsp3) is 0.368. The number of nitrogens with one attached hydrogen (secondary N) is 1. The minimum atomic E-state index is -0.791. The second-order valence-electron chi connectivity index (χ2n) is 5.70. The number of hydrogen-bond donors (Lipinski definition) is 2. The van der Waals surface area contributed by atoms with Crippen LogP contribution in [0.2, 0.25) is 0 Å². The molecule has 2 aromatic rings. The number of nitrogens with zero attached hydrogens (tertiary/aromatic N) is 1. The molecule has 0 aliphatic heterocycles. The summed E-state index contributed by atoms with van der Waals surface area (Å²) in [5.74, 6) is -0.00270. The molecule has 0 bridgehead atoms.